The molecular formula is C21H22F2N4O2S. The molecule has 0 unspecified atom stereocenters. The van der Waals surface area contributed by atoms with Crippen molar-refractivity contribution in [2.75, 3.05) is 24.5 Å². The molecule has 0 saturated carbocycles. The maximum atomic E-state index is 13.3. The zero-order valence-corrected chi connectivity index (χ0v) is 17.7. The fourth-order valence-electron chi connectivity index (χ4n) is 3.58. The van der Waals surface area contributed by atoms with E-state index in [1.54, 1.807) is 6.92 Å². The minimum absolute atomic E-state index is 0.270. The molecule has 1 fully saturated rings. The molecule has 2 N–H and O–H groups in total. The Bertz CT molecular complexity index is 1260. The molecule has 5 rings (SSSR count). The highest BCUT2D eigenvalue weighted by molar-refractivity contribution is 7.71. The molecule has 4 aromatic rings. The van der Waals surface area contributed by atoms with Crippen molar-refractivity contribution >= 4 is 40.4 Å². The van der Waals surface area contributed by atoms with E-state index in [1.807, 2.05) is 6.92 Å². The number of aryl methyl sites for hydroxylation is 2. The lowest BCUT2D eigenvalue weighted by Gasteiger charge is -2.32. The van der Waals surface area contributed by atoms with Gasteiger partial charge in [-0.1, -0.05) is 0 Å². The quantitative estimate of drug-likeness (QED) is 0.412. The van der Waals surface area contributed by atoms with Crippen molar-refractivity contribution in [2.45, 2.75) is 26.8 Å². The molecule has 2 aromatic carbocycles. The molecule has 0 aliphatic carbocycles. The normalized spacial score (nSPS) is 16.7. The Morgan fingerprint density at radius 1 is 1.07 bits per heavy atom. The Labute approximate surface area is 176 Å². The van der Waals surface area contributed by atoms with Crippen LogP contribution in [0, 0.1) is 30.3 Å². The summed E-state index contributed by atoms with van der Waals surface area (Å²) in [5.74, 6) is -0.555. The molecule has 0 bridgehead atoms. The molecular weight excluding hydrogens is 410 g/mol. The highest BCUT2D eigenvalue weighted by Crippen LogP contribution is 2.27. The third-order valence-corrected chi connectivity index (χ3v) is 5.23. The van der Waals surface area contributed by atoms with Crippen LogP contribution in [-0.2, 0) is 0 Å². The number of piperazine rings is 1. The Kier molecular flexibility index (Phi) is 5.57. The van der Waals surface area contributed by atoms with E-state index < -0.39 is 0 Å². The summed E-state index contributed by atoms with van der Waals surface area (Å²) < 4.78 is 37.1. The first-order valence-electron chi connectivity index (χ1n) is 9.65. The highest BCUT2D eigenvalue weighted by atomic mass is 32.1. The number of oxazole rings is 2. The zero-order chi connectivity index (χ0) is 21.4. The van der Waals surface area contributed by atoms with Gasteiger partial charge in [0.15, 0.2) is 11.2 Å². The maximum Gasteiger partial charge on any atom is 0.298 e. The van der Waals surface area contributed by atoms with Gasteiger partial charge < -0.3 is 24.0 Å². The van der Waals surface area contributed by atoms with Gasteiger partial charge in [-0.05, 0) is 56.2 Å². The van der Waals surface area contributed by atoms with Crippen LogP contribution < -0.4 is 10.2 Å². The largest absolute Gasteiger partial charge is 0.429 e. The summed E-state index contributed by atoms with van der Waals surface area (Å²) in [7, 11) is 0. The first-order chi connectivity index (χ1) is 14.3. The molecule has 3 heterocycles. The van der Waals surface area contributed by atoms with Crippen LogP contribution in [-0.4, -0.2) is 35.6 Å². The van der Waals surface area contributed by atoms with Crippen LogP contribution in [0.2, 0.25) is 0 Å². The van der Waals surface area contributed by atoms with Crippen molar-refractivity contribution in [1.29, 1.82) is 0 Å². The van der Waals surface area contributed by atoms with Gasteiger partial charge in [0, 0.05) is 37.8 Å². The van der Waals surface area contributed by atoms with Crippen molar-refractivity contribution in [1.82, 2.24) is 15.3 Å². The summed E-state index contributed by atoms with van der Waals surface area (Å²) >= 11 is 4.77. The van der Waals surface area contributed by atoms with Crippen molar-refractivity contribution in [3.8, 4) is 0 Å². The molecule has 1 aliphatic heterocycles. The van der Waals surface area contributed by atoms with Crippen LogP contribution in [0.3, 0.4) is 0 Å². The van der Waals surface area contributed by atoms with Gasteiger partial charge in [-0.3, -0.25) is 0 Å². The average Bonchev–Trinajstić information content (AvgIpc) is 3.26. The number of aromatic amines is 1. The standard InChI is InChI=1S/C13H16FN3O.C8H6FNOS/c1-8-5-10(14)6-11-12(8)18-13(16-11)17-4-3-15-7-9(17)2;1-4-2-5(9)3-6-7(4)11-8(12)10-6/h5-6,9,15H,3-4,7H2,1-2H3;2-3H,1H3,(H,10,12)/t9-;/m0./s1. The smallest absolute Gasteiger partial charge is 0.298 e. The topological polar surface area (TPSA) is 70.2 Å². The van der Waals surface area contributed by atoms with Gasteiger partial charge in [-0.25, -0.2) is 8.78 Å². The lowest BCUT2D eigenvalue weighted by atomic mass is 10.2. The molecule has 1 aliphatic rings. The number of nitrogens with zero attached hydrogens (tertiary/aromatic N) is 2. The Hall–Kier alpha value is -2.78. The summed E-state index contributed by atoms with van der Waals surface area (Å²) in [6.45, 7) is 8.41. The number of H-pyrrole nitrogens is 1. The molecule has 2 aromatic heterocycles. The first-order valence-corrected chi connectivity index (χ1v) is 10.1. The van der Waals surface area contributed by atoms with E-state index in [4.69, 9.17) is 21.1 Å². The number of hydrogen-bond acceptors (Lipinski definition) is 6. The highest BCUT2D eigenvalue weighted by Gasteiger charge is 2.23. The van der Waals surface area contributed by atoms with E-state index in [0.717, 1.165) is 30.8 Å². The number of nitrogens with one attached hydrogen (secondary N) is 2. The molecule has 9 heteroatoms. The summed E-state index contributed by atoms with van der Waals surface area (Å²) in [6.07, 6.45) is 0. The lowest BCUT2D eigenvalue weighted by Crippen LogP contribution is -2.50. The van der Waals surface area contributed by atoms with E-state index >= 15 is 0 Å². The van der Waals surface area contributed by atoms with Gasteiger partial charge in [0.1, 0.15) is 17.2 Å². The zero-order valence-electron chi connectivity index (χ0n) is 16.9. The second kappa shape index (κ2) is 8.16. The third kappa shape index (κ3) is 4.08. The van der Waals surface area contributed by atoms with E-state index in [-0.39, 0.29) is 16.5 Å². The Morgan fingerprint density at radius 3 is 2.50 bits per heavy atom. The summed E-state index contributed by atoms with van der Waals surface area (Å²) in [4.78, 5) is 9.54. The monoisotopic (exact) mass is 432 g/mol. The number of hydrogen-bond donors (Lipinski definition) is 2. The van der Waals surface area contributed by atoms with Gasteiger partial charge in [0.25, 0.3) is 10.9 Å². The van der Waals surface area contributed by atoms with E-state index in [9.17, 15) is 8.78 Å². The average molecular weight is 432 g/mol. The minimum Gasteiger partial charge on any atom is -0.429 e. The predicted molar refractivity (Wildman–Crippen MR) is 114 cm³/mol. The first kappa shape index (κ1) is 20.5. The van der Waals surface area contributed by atoms with Crippen LogP contribution >= 0.6 is 12.2 Å². The number of rotatable bonds is 1. The third-order valence-electron chi connectivity index (χ3n) is 5.05. The molecule has 0 radical (unpaired) electrons. The summed E-state index contributed by atoms with van der Waals surface area (Å²) in [5.41, 5.74) is 4.04. The Morgan fingerprint density at radius 2 is 1.77 bits per heavy atom. The van der Waals surface area contributed by atoms with E-state index in [2.05, 4.69) is 27.1 Å². The van der Waals surface area contributed by atoms with Crippen LogP contribution in [0.5, 0.6) is 0 Å². The molecule has 1 atom stereocenters. The molecule has 0 amide bonds. The van der Waals surface area contributed by atoms with Crippen molar-refractivity contribution < 1.29 is 17.6 Å². The maximum absolute atomic E-state index is 13.3. The van der Waals surface area contributed by atoms with Gasteiger partial charge in [0.05, 0.1) is 5.52 Å². The van der Waals surface area contributed by atoms with Gasteiger partial charge in [-0.2, -0.15) is 4.98 Å². The number of aromatic nitrogens is 2. The SMILES string of the molecule is Cc1cc(F)cc2[nH]c(=S)oc12.Cc1cc(F)cc2nc(N3CCNC[C@@H]3C)oc12. The number of fused-ring (bicyclic) bond motifs is 2. The number of halogens is 2. The molecule has 0 spiro atoms. The van der Waals surface area contributed by atoms with E-state index in [1.165, 1.54) is 24.3 Å². The van der Waals surface area contributed by atoms with Crippen molar-refractivity contribution in [3.63, 3.8) is 0 Å². The van der Waals surface area contributed by atoms with Crippen LogP contribution in [0.1, 0.15) is 18.1 Å². The van der Waals surface area contributed by atoms with Crippen LogP contribution in [0.15, 0.2) is 33.1 Å². The predicted octanol–water partition coefficient (Wildman–Crippen LogP) is 5.01. The number of anilines is 1. The molecule has 158 valence electrons. The van der Waals surface area contributed by atoms with Crippen LogP contribution in [0.4, 0.5) is 14.8 Å². The van der Waals surface area contributed by atoms with E-state index in [0.29, 0.717) is 34.3 Å². The van der Waals surface area contributed by atoms with Crippen molar-refractivity contribution in [3.05, 3.63) is 51.9 Å². The Balaban J connectivity index is 0.000000158. The second-order valence-electron chi connectivity index (χ2n) is 7.43. The fourth-order valence-corrected chi connectivity index (χ4v) is 3.77. The summed E-state index contributed by atoms with van der Waals surface area (Å²) in [5, 5.41) is 3.32. The van der Waals surface area contributed by atoms with Gasteiger partial charge >= 0.3 is 0 Å². The molecule has 30 heavy (non-hydrogen) atoms. The second-order valence-corrected chi connectivity index (χ2v) is 7.80. The minimum atomic E-state index is -0.285. The van der Waals surface area contributed by atoms with Gasteiger partial charge in [0.2, 0.25) is 0 Å². The number of benzene rings is 2. The summed E-state index contributed by atoms with van der Waals surface area (Å²) in [6, 6.07) is 6.58. The lowest BCUT2D eigenvalue weighted by molar-refractivity contribution is 0.455. The van der Waals surface area contributed by atoms with Gasteiger partial charge in [-0.15, -0.1) is 0 Å². The molecule has 1 saturated heterocycles. The van der Waals surface area contributed by atoms with Crippen molar-refractivity contribution in [2.24, 2.45) is 0 Å². The molecule has 6 nitrogen and oxygen atoms in total. The van der Waals surface area contributed by atoms with Crippen LogP contribution in [0.25, 0.3) is 22.2 Å². The fraction of sp³-hybridized carbons (Fsp3) is 0.333.